The number of fused-ring (bicyclic) bond motifs is 3. The number of hydrogen-bond acceptors (Lipinski definition) is 1. The molecule has 0 saturated heterocycles. The molecule has 1 saturated carbocycles. The van der Waals surface area contributed by atoms with Gasteiger partial charge in [-0.25, -0.2) is 8.78 Å². The minimum atomic E-state index is -2.41. The van der Waals surface area contributed by atoms with Gasteiger partial charge >= 0.3 is 0 Å². The van der Waals surface area contributed by atoms with Gasteiger partial charge in [0.25, 0.3) is 6.43 Å². The van der Waals surface area contributed by atoms with Crippen LogP contribution in [0.25, 0.3) is 0 Å². The molecule has 0 N–H and O–H groups in total. The van der Waals surface area contributed by atoms with Crippen LogP contribution in [0.5, 0.6) is 0 Å². The fraction of sp³-hybridized carbons (Fsp3) is 0.727. The van der Waals surface area contributed by atoms with E-state index < -0.39 is 6.43 Å². The van der Waals surface area contributed by atoms with Gasteiger partial charge in [0, 0.05) is 23.7 Å². The average Bonchev–Trinajstić information content (AvgIpc) is 2.90. The highest BCUT2D eigenvalue weighted by Crippen LogP contribution is 2.55. The van der Waals surface area contributed by atoms with Crippen molar-refractivity contribution in [3.8, 4) is 0 Å². The fourth-order valence-corrected chi connectivity index (χ4v) is 2.85. The molecule has 82 valence electrons. The van der Waals surface area contributed by atoms with Crippen molar-refractivity contribution in [2.24, 2.45) is 5.92 Å². The Hall–Kier alpha value is -0.930. The molecule has 2 unspecified atom stereocenters. The van der Waals surface area contributed by atoms with Gasteiger partial charge < -0.3 is 0 Å². The van der Waals surface area contributed by atoms with Gasteiger partial charge in [-0.05, 0) is 32.1 Å². The zero-order valence-corrected chi connectivity index (χ0v) is 8.71. The zero-order chi connectivity index (χ0) is 10.6. The number of rotatable bonds is 2. The van der Waals surface area contributed by atoms with Crippen LogP contribution in [0.1, 0.15) is 49.1 Å². The van der Waals surface area contributed by atoms with E-state index in [1.165, 1.54) is 6.42 Å². The van der Waals surface area contributed by atoms with Crippen LogP contribution in [0.2, 0.25) is 0 Å². The van der Waals surface area contributed by atoms with E-state index >= 15 is 0 Å². The lowest BCUT2D eigenvalue weighted by Crippen LogP contribution is -2.07. The van der Waals surface area contributed by atoms with Crippen LogP contribution < -0.4 is 0 Å². The molecule has 3 rings (SSSR count). The SMILES string of the molecule is CCn1nc(C(F)F)c2c1C1CC1CC2. The maximum Gasteiger partial charge on any atom is 0.282 e. The lowest BCUT2D eigenvalue weighted by atomic mass is 9.96. The van der Waals surface area contributed by atoms with Crippen molar-refractivity contribution in [3.05, 3.63) is 17.0 Å². The summed E-state index contributed by atoms with van der Waals surface area (Å²) in [6.07, 6.45) is 0.645. The highest BCUT2D eigenvalue weighted by Gasteiger charge is 2.46. The van der Waals surface area contributed by atoms with Gasteiger partial charge in [0.1, 0.15) is 5.69 Å². The summed E-state index contributed by atoms with van der Waals surface area (Å²) in [5, 5.41) is 4.05. The van der Waals surface area contributed by atoms with Crippen LogP contribution >= 0.6 is 0 Å². The molecule has 2 atom stereocenters. The van der Waals surface area contributed by atoms with Crippen LogP contribution in [0.15, 0.2) is 0 Å². The van der Waals surface area contributed by atoms with Gasteiger partial charge in [-0.1, -0.05) is 0 Å². The summed E-state index contributed by atoms with van der Waals surface area (Å²) in [5.41, 5.74) is 2.01. The second-order valence-electron chi connectivity index (χ2n) is 4.51. The van der Waals surface area contributed by atoms with Crippen molar-refractivity contribution in [2.75, 3.05) is 0 Å². The number of alkyl halides is 2. The average molecular weight is 212 g/mol. The molecule has 15 heavy (non-hydrogen) atoms. The molecule has 0 aromatic carbocycles. The molecular formula is C11H14F2N2. The van der Waals surface area contributed by atoms with E-state index in [1.807, 2.05) is 6.92 Å². The summed E-state index contributed by atoms with van der Waals surface area (Å²) < 4.78 is 27.3. The first-order valence-corrected chi connectivity index (χ1v) is 5.60. The first-order chi connectivity index (χ1) is 7.22. The number of aryl methyl sites for hydroxylation is 1. The van der Waals surface area contributed by atoms with Crippen LogP contribution in [0.3, 0.4) is 0 Å². The molecule has 2 nitrogen and oxygen atoms in total. The summed E-state index contributed by atoms with van der Waals surface area (Å²) in [6, 6.07) is 0. The molecule has 1 heterocycles. The molecule has 0 aliphatic heterocycles. The topological polar surface area (TPSA) is 17.8 Å². The second-order valence-corrected chi connectivity index (χ2v) is 4.51. The van der Waals surface area contributed by atoms with Crippen LogP contribution in [-0.4, -0.2) is 9.78 Å². The predicted molar refractivity (Wildman–Crippen MR) is 52.0 cm³/mol. The Morgan fingerprint density at radius 1 is 1.53 bits per heavy atom. The minimum Gasteiger partial charge on any atom is -0.269 e. The Balaban J connectivity index is 2.12. The molecule has 1 fully saturated rings. The molecule has 1 aromatic heterocycles. The van der Waals surface area contributed by atoms with Crippen molar-refractivity contribution in [1.29, 1.82) is 0 Å². The lowest BCUT2D eigenvalue weighted by Gasteiger charge is -2.12. The Morgan fingerprint density at radius 2 is 2.33 bits per heavy atom. The van der Waals surface area contributed by atoms with Gasteiger partial charge in [-0.2, -0.15) is 5.10 Å². The smallest absolute Gasteiger partial charge is 0.269 e. The molecule has 2 aliphatic rings. The first-order valence-electron chi connectivity index (χ1n) is 5.60. The molecule has 1 aromatic rings. The maximum atomic E-state index is 12.8. The third kappa shape index (κ3) is 1.23. The van der Waals surface area contributed by atoms with E-state index in [0.717, 1.165) is 30.0 Å². The second kappa shape index (κ2) is 3.03. The first kappa shape index (κ1) is 9.31. The summed E-state index contributed by atoms with van der Waals surface area (Å²) in [5.74, 6) is 1.29. The van der Waals surface area contributed by atoms with Crippen LogP contribution in [-0.2, 0) is 13.0 Å². The van der Waals surface area contributed by atoms with Crippen LogP contribution in [0.4, 0.5) is 8.78 Å². The number of hydrogen-bond donors (Lipinski definition) is 0. The van der Waals surface area contributed by atoms with Crippen molar-refractivity contribution in [2.45, 2.75) is 45.1 Å². The molecular weight excluding hydrogens is 198 g/mol. The van der Waals surface area contributed by atoms with E-state index in [-0.39, 0.29) is 5.69 Å². The number of aromatic nitrogens is 2. The highest BCUT2D eigenvalue weighted by atomic mass is 19.3. The lowest BCUT2D eigenvalue weighted by molar-refractivity contribution is 0.144. The minimum absolute atomic E-state index is 0.0391. The monoisotopic (exact) mass is 212 g/mol. The summed E-state index contributed by atoms with van der Waals surface area (Å²) >= 11 is 0. The largest absolute Gasteiger partial charge is 0.282 e. The molecule has 0 radical (unpaired) electrons. The zero-order valence-electron chi connectivity index (χ0n) is 8.71. The number of nitrogens with zero attached hydrogens (tertiary/aromatic N) is 2. The molecule has 0 spiro atoms. The van der Waals surface area contributed by atoms with Gasteiger partial charge in [0.05, 0.1) is 0 Å². The van der Waals surface area contributed by atoms with Gasteiger partial charge in [-0.15, -0.1) is 0 Å². The Bertz CT molecular complexity index is 398. The van der Waals surface area contributed by atoms with Crippen molar-refractivity contribution in [1.82, 2.24) is 9.78 Å². The number of halogens is 2. The van der Waals surface area contributed by atoms with E-state index in [1.54, 1.807) is 4.68 Å². The van der Waals surface area contributed by atoms with Gasteiger partial charge in [0.2, 0.25) is 0 Å². The van der Waals surface area contributed by atoms with E-state index in [4.69, 9.17) is 0 Å². The molecule has 0 bridgehead atoms. The third-order valence-electron chi connectivity index (χ3n) is 3.67. The van der Waals surface area contributed by atoms with Gasteiger partial charge in [0.15, 0.2) is 0 Å². The van der Waals surface area contributed by atoms with Crippen LogP contribution in [0, 0.1) is 5.92 Å². The normalized spacial score (nSPS) is 27.7. The Kier molecular flexibility index (Phi) is 1.88. The Morgan fingerprint density at radius 3 is 3.00 bits per heavy atom. The fourth-order valence-electron chi connectivity index (χ4n) is 2.85. The standard InChI is InChI=1S/C11H14F2N2/c1-2-15-10-7(9(14-15)11(12)13)4-3-6-5-8(6)10/h6,8,11H,2-5H2,1H3. The van der Waals surface area contributed by atoms with Crippen molar-refractivity contribution in [3.63, 3.8) is 0 Å². The van der Waals surface area contributed by atoms with E-state index in [2.05, 4.69) is 5.10 Å². The summed E-state index contributed by atoms with van der Waals surface area (Å²) in [7, 11) is 0. The summed E-state index contributed by atoms with van der Waals surface area (Å²) in [4.78, 5) is 0. The molecule has 4 heteroatoms. The maximum absolute atomic E-state index is 12.8. The van der Waals surface area contributed by atoms with Crippen molar-refractivity contribution >= 4 is 0 Å². The molecule has 0 amide bonds. The summed E-state index contributed by atoms with van der Waals surface area (Å²) in [6.45, 7) is 2.67. The van der Waals surface area contributed by atoms with Crippen molar-refractivity contribution < 1.29 is 8.78 Å². The molecule has 2 aliphatic carbocycles. The highest BCUT2D eigenvalue weighted by molar-refractivity contribution is 5.37. The quantitative estimate of drug-likeness (QED) is 0.737. The predicted octanol–water partition coefficient (Wildman–Crippen LogP) is 2.89. The van der Waals surface area contributed by atoms with E-state index in [9.17, 15) is 8.78 Å². The Labute approximate surface area is 87.3 Å². The van der Waals surface area contributed by atoms with Gasteiger partial charge in [-0.3, -0.25) is 4.68 Å². The van der Waals surface area contributed by atoms with E-state index in [0.29, 0.717) is 12.5 Å². The third-order valence-corrected chi connectivity index (χ3v) is 3.67.